The van der Waals surface area contributed by atoms with Crippen LogP contribution in [0.1, 0.15) is 51.7 Å². The van der Waals surface area contributed by atoms with Crippen molar-refractivity contribution in [2.45, 2.75) is 53.7 Å². The predicted octanol–water partition coefficient (Wildman–Crippen LogP) is 5.15. The Morgan fingerprint density at radius 2 is 1.90 bits per heavy atom. The number of ether oxygens (including phenoxy) is 1. The van der Waals surface area contributed by atoms with Gasteiger partial charge < -0.3 is 10.1 Å². The van der Waals surface area contributed by atoms with E-state index in [-0.39, 0.29) is 0 Å². The quantitative estimate of drug-likeness (QED) is 0.586. The molecule has 0 aliphatic rings. The first-order valence-electron chi connectivity index (χ1n) is 8.04. The second-order valence-corrected chi connectivity index (χ2v) is 7.39. The summed E-state index contributed by atoms with van der Waals surface area (Å²) >= 11 is 3.65. The molecule has 0 aliphatic carbocycles. The highest BCUT2D eigenvalue weighted by Crippen LogP contribution is 2.20. The van der Waals surface area contributed by atoms with Crippen LogP contribution in [0, 0.1) is 11.8 Å². The van der Waals surface area contributed by atoms with E-state index < -0.39 is 0 Å². The first-order chi connectivity index (χ1) is 9.99. The van der Waals surface area contributed by atoms with E-state index in [9.17, 15) is 0 Å². The topological polar surface area (TPSA) is 21.3 Å². The lowest BCUT2D eigenvalue weighted by Gasteiger charge is -2.11. The summed E-state index contributed by atoms with van der Waals surface area (Å²) in [6.45, 7) is 12.5. The Morgan fingerprint density at radius 1 is 1.14 bits per heavy atom. The first-order valence-corrected chi connectivity index (χ1v) is 8.84. The largest absolute Gasteiger partial charge is 0.377 e. The highest BCUT2D eigenvalue weighted by molar-refractivity contribution is 9.10. The summed E-state index contributed by atoms with van der Waals surface area (Å²) in [6, 6.07) is 6.55. The molecular formula is C18H30BrNO. The predicted molar refractivity (Wildman–Crippen MR) is 94.4 cm³/mol. The molecule has 21 heavy (non-hydrogen) atoms. The minimum absolute atomic E-state index is 0.687. The van der Waals surface area contributed by atoms with E-state index in [0.717, 1.165) is 36.5 Å². The smallest absolute Gasteiger partial charge is 0.0727 e. The molecular weight excluding hydrogens is 326 g/mol. The highest BCUT2D eigenvalue weighted by Gasteiger charge is 2.03. The molecule has 0 heterocycles. The average molecular weight is 356 g/mol. The van der Waals surface area contributed by atoms with Gasteiger partial charge in [0.1, 0.15) is 0 Å². The molecule has 3 heteroatoms. The zero-order chi connectivity index (χ0) is 15.7. The fraction of sp³-hybridized carbons (Fsp3) is 0.667. The average Bonchev–Trinajstić information content (AvgIpc) is 2.39. The van der Waals surface area contributed by atoms with Gasteiger partial charge in [0.05, 0.1) is 6.61 Å². The van der Waals surface area contributed by atoms with Crippen LogP contribution in [0.5, 0.6) is 0 Å². The molecule has 1 rings (SSSR count). The van der Waals surface area contributed by atoms with Crippen molar-refractivity contribution in [2.75, 3.05) is 13.2 Å². The minimum atomic E-state index is 0.687. The maximum absolute atomic E-state index is 5.76. The molecule has 1 N–H and O–H groups in total. The second-order valence-electron chi connectivity index (χ2n) is 6.54. The third-order valence-corrected chi connectivity index (χ3v) is 4.07. The van der Waals surface area contributed by atoms with Crippen molar-refractivity contribution in [1.82, 2.24) is 5.32 Å². The summed E-state index contributed by atoms with van der Waals surface area (Å²) in [7, 11) is 0. The van der Waals surface area contributed by atoms with Gasteiger partial charge in [-0.1, -0.05) is 55.8 Å². The molecule has 0 saturated heterocycles. The van der Waals surface area contributed by atoms with Crippen molar-refractivity contribution in [3.8, 4) is 0 Å². The molecule has 0 unspecified atom stereocenters. The number of rotatable bonds is 10. The normalized spacial score (nSPS) is 11.6. The van der Waals surface area contributed by atoms with E-state index in [0.29, 0.717) is 12.5 Å². The van der Waals surface area contributed by atoms with E-state index in [2.05, 4.69) is 67.1 Å². The number of benzene rings is 1. The summed E-state index contributed by atoms with van der Waals surface area (Å²) in [5.41, 5.74) is 2.54. The highest BCUT2D eigenvalue weighted by atomic mass is 79.9. The first kappa shape index (κ1) is 18.7. The fourth-order valence-electron chi connectivity index (χ4n) is 2.10. The van der Waals surface area contributed by atoms with E-state index in [4.69, 9.17) is 4.74 Å². The number of halogens is 1. The maximum Gasteiger partial charge on any atom is 0.0727 e. The minimum Gasteiger partial charge on any atom is -0.377 e. The SMILES string of the molecule is CC(C)CCCOCc1ccc(CNCC(C)C)cc1Br. The number of nitrogens with one attached hydrogen (secondary N) is 1. The van der Waals surface area contributed by atoms with Gasteiger partial charge in [-0.25, -0.2) is 0 Å². The van der Waals surface area contributed by atoms with Crippen molar-refractivity contribution in [3.63, 3.8) is 0 Å². The molecule has 0 atom stereocenters. The third-order valence-electron chi connectivity index (χ3n) is 3.33. The standard InChI is InChI=1S/C18H30BrNO/c1-14(2)6-5-9-21-13-17-8-7-16(10-18(17)19)12-20-11-15(3)4/h7-8,10,14-15,20H,5-6,9,11-13H2,1-4H3. The summed E-state index contributed by atoms with van der Waals surface area (Å²) in [6.07, 6.45) is 2.38. The molecule has 0 saturated carbocycles. The van der Waals surface area contributed by atoms with Crippen LogP contribution in [0.15, 0.2) is 22.7 Å². The Labute approximate surface area is 138 Å². The Balaban J connectivity index is 2.33. The van der Waals surface area contributed by atoms with Crippen LogP contribution >= 0.6 is 15.9 Å². The summed E-state index contributed by atoms with van der Waals surface area (Å²) in [5.74, 6) is 1.45. The summed E-state index contributed by atoms with van der Waals surface area (Å²) in [4.78, 5) is 0. The van der Waals surface area contributed by atoms with Gasteiger partial charge in [0.2, 0.25) is 0 Å². The van der Waals surface area contributed by atoms with Crippen LogP contribution in [0.2, 0.25) is 0 Å². The number of hydrogen-bond donors (Lipinski definition) is 1. The molecule has 0 spiro atoms. The lowest BCUT2D eigenvalue weighted by Crippen LogP contribution is -2.18. The lowest BCUT2D eigenvalue weighted by atomic mass is 10.1. The molecule has 1 aromatic carbocycles. The van der Waals surface area contributed by atoms with Crippen LogP contribution in [-0.2, 0) is 17.9 Å². The number of hydrogen-bond acceptors (Lipinski definition) is 2. The lowest BCUT2D eigenvalue weighted by molar-refractivity contribution is 0.114. The van der Waals surface area contributed by atoms with Gasteiger partial charge in [0.15, 0.2) is 0 Å². The van der Waals surface area contributed by atoms with E-state index in [1.165, 1.54) is 17.5 Å². The molecule has 0 radical (unpaired) electrons. The van der Waals surface area contributed by atoms with Crippen molar-refractivity contribution in [1.29, 1.82) is 0 Å². The van der Waals surface area contributed by atoms with E-state index in [1.807, 2.05) is 0 Å². The van der Waals surface area contributed by atoms with Gasteiger partial charge in [-0.15, -0.1) is 0 Å². The Hall–Kier alpha value is -0.380. The monoisotopic (exact) mass is 355 g/mol. The van der Waals surface area contributed by atoms with Crippen molar-refractivity contribution in [3.05, 3.63) is 33.8 Å². The molecule has 120 valence electrons. The Kier molecular flexibility index (Phi) is 9.21. The van der Waals surface area contributed by atoms with Crippen LogP contribution in [0.4, 0.5) is 0 Å². The molecule has 0 aromatic heterocycles. The van der Waals surface area contributed by atoms with Gasteiger partial charge in [-0.05, 0) is 48.4 Å². The van der Waals surface area contributed by atoms with Crippen molar-refractivity contribution < 1.29 is 4.74 Å². The molecule has 2 nitrogen and oxygen atoms in total. The molecule has 0 bridgehead atoms. The molecule has 0 aliphatic heterocycles. The van der Waals surface area contributed by atoms with E-state index in [1.54, 1.807) is 0 Å². The second kappa shape index (κ2) is 10.4. The van der Waals surface area contributed by atoms with Gasteiger partial charge in [0, 0.05) is 17.6 Å². The van der Waals surface area contributed by atoms with Crippen LogP contribution in [0.3, 0.4) is 0 Å². The van der Waals surface area contributed by atoms with Crippen molar-refractivity contribution >= 4 is 15.9 Å². The van der Waals surface area contributed by atoms with Gasteiger partial charge in [0.25, 0.3) is 0 Å². The molecule has 0 amide bonds. The zero-order valence-electron chi connectivity index (χ0n) is 13.9. The maximum atomic E-state index is 5.76. The van der Waals surface area contributed by atoms with Gasteiger partial charge in [-0.3, -0.25) is 0 Å². The summed E-state index contributed by atoms with van der Waals surface area (Å²) < 4.78 is 6.91. The van der Waals surface area contributed by atoms with Crippen LogP contribution < -0.4 is 5.32 Å². The van der Waals surface area contributed by atoms with Crippen LogP contribution in [0.25, 0.3) is 0 Å². The molecule has 0 fully saturated rings. The van der Waals surface area contributed by atoms with E-state index >= 15 is 0 Å². The Morgan fingerprint density at radius 3 is 2.52 bits per heavy atom. The van der Waals surface area contributed by atoms with Crippen LogP contribution in [-0.4, -0.2) is 13.2 Å². The van der Waals surface area contributed by atoms with Gasteiger partial charge in [-0.2, -0.15) is 0 Å². The zero-order valence-corrected chi connectivity index (χ0v) is 15.5. The molecule has 1 aromatic rings. The third kappa shape index (κ3) is 8.60. The summed E-state index contributed by atoms with van der Waals surface area (Å²) in [5, 5.41) is 3.47. The fourth-order valence-corrected chi connectivity index (χ4v) is 2.64. The Bertz CT molecular complexity index is 404. The van der Waals surface area contributed by atoms with Gasteiger partial charge >= 0.3 is 0 Å². The van der Waals surface area contributed by atoms with Crippen molar-refractivity contribution in [2.24, 2.45) is 11.8 Å².